The topological polar surface area (TPSA) is 62.7 Å². The second-order valence-corrected chi connectivity index (χ2v) is 5.02. The number of nitrogens with zero attached hydrogens (tertiary/aromatic N) is 2. The summed E-state index contributed by atoms with van der Waals surface area (Å²) in [5, 5.41) is 8.80. The van der Waals surface area contributed by atoms with E-state index in [1.54, 1.807) is 30.5 Å². The molecule has 0 aliphatic rings. The van der Waals surface area contributed by atoms with E-state index in [1.165, 1.54) is 0 Å². The summed E-state index contributed by atoms with van der Waals surface area (Å²) in [6.07, 6.45) is 3.11. The molecule has 5 heteroatoms. The minimum Gasteiger partial charge on any atom is -0.384 e. The number of pyridine rings is 1. The fourth-order valence-electron chi connectivity index (χ4n) is 1.90. The largest absolute Gasteiger partial charge is 0.384 e. The van der Waals surface area contributed by atoms with Crippen molar-refractivity contribution in [3.05, 3.63) is 29.6 Å². The van der Waals surface area contributed by atoms with Gasteiger partial charge in [0.15, 0.2) is 0 Å². The van der Waals surface area contributed by atoms with Crippen LogP contribution in [0.1, 0.15) is 29.8 Å². The number of aliphatic hydroxyl groups excluding tert-OH is 1. The lowest BCUT2D eigenvalue weighted by molar-refractivity contribution is 0.0672. The predicted molar refractivity (Wildman–Crippen MR) is 80.8 cm³/mol. The third-order valence-electron chi connectivity index (χ3n) is 2.79. The van der Waals surface area contributed by atoms with Gasteiger partial charge in [-0.2, -0.15) is 0 Å². The van der Waals surface area contributed by atoms with Gasteiger partial charge in [-0.1, -0.05) is 25.7 Å². The molecule has 1 aromatic rings. The molecule has 21 heavy (non-hydrogen) atoms. The Morgan fingerprint density at radius 3 is 2.90 bits per heavy atom. The molecule has 0 aliphatic carbocycles. The highest BCUT2D eigenvalue weighted by Crippen LogP contribution is 2.11. The molecule has 0 unspecified atom stereocenters. The fraction of sp³-hybridized carbons (Fsp3) is 0.500. The lowest BCUT2D eigenvalue weighted by atomic mass is 10.1. The number of hydrogen-bond acceptors (Lipinski definition) is 4. The van der Waals surface area contributed by atoms with Crippen LogP contribution in [0.2, 0.25) is 0 Å². The summed E-state index contributed by atoms with van der Waals surface area (Å²) >= 11 is 0. The molecular formula is C16H22N2O3. The molecule has 114 valence electrons. The fourth-order valence-corrected chi connectivity index (χ4v) is 1.90. The Bertz CT molecular complexity index is 518. The lowest BCUT2D eigenvalue weighted by Crippen LogP contribution is -2.37. The van der Waals surface area contributed by atoms with Gasteiger partial charge in [-0.3, -0.25) is 9.78 Å². The monoisotopic (exact) mass is 290 g/mol. The van der Waals surface area contributed by atoms with Crippen LogP contribution in [0.15, 0.2) is 18.5 Å². The van der Waals surface area contributed by atoms with Crippen molar-refractivity contribution < 1.29 is 14.6 Å². The molecular weight excluding hydrogens is 268 g/mol. The summed E-state index contributed by atoms with van der Waals surface area (Å²) in [4.78, 5) is 18.4. The molecule has 5 nitrogen and oxygen atoms in total. The average molecular weight is 290 g/mol. The van der Waals surface area contributed by atoms with E-state index in [0.717, 1.165) is 0 Å². The first-order valence-electron chi connectivity index (χ1n) is 6.92. The molecule has 1 N–H and O–H groups in total. The molecule has 1 amide bonds. The Kier molecular flexibility index (Phi) is 7.44. The molecule has 0 aromatic carbocycles. The van der Waals surface area contributed by atoms with Gasteiger partial charge >= 0.3 is 0 Å². The van der Waals surface area contributed by atoms with E-state index >= 15 is 0 Å². The van der Waals surface area contributed by atoms with Crippen molar-refractivity contribution in [2.45, 2.75) is 13.8 Å². The molecule has 0 bridgehead atoms. The minimum atomic E-state index is -0.248. The summed E-state index contributed by atoms with van der Waals surface area (Å²) in [6, 6.07) is 1.66. The first-order valence-corrected chi connectivity index (χ1v) is 6.92. The molecule has 0 spiro atoms. The summed E-state index contributed by atoms with van der Waals surface area (Å²) in [5.74, 6) is 5.59. The molecule has 1 heterocycles. The SMILES string of the molecule is COCCN(CC(C)C)C(=O)c1ccncc1C#CCO. The quantitative estimate of drug-likeness (QED) is 0.799. The van der Waals surface area contributed by atoms with Crippen LogP contribution >= 0.6 is 0 Å². The third-order valence-corrected chi connectivity index (χ3v) is 2.79. The number of carbonyl (C=O) groups is 1. The van der Waals surface area contributed by atoms with Gasteiger partial charge in [-0.15, -0.1) is 0 Å². The van der Waals surface area contributed by atoms with E-state index < -0.39 is 0 Å². The maximum atomic E-state index is 12.7. The Hall–Kier alpha value is -1.90. The van der Waals surface area contributed by atoms with Gasteiger partial charge < -0.3 is 14.7 Å². The molecule has 1 aromatic heterocycles. The smallest absolute Gasteiger partial charge is 0.255 e. The van der Waals surface area contributed by atoms with Gasteiger partial charge in [0.1, 0.15) is 6.61 Å². The van der Waals surface area contributed by atoms with Crippen LogP contribution in [0, 0.1) is 17.8 Å². The maximum Gasteiger partial charge on any atom is 0.255 e. The molecule has 0 saturated carbocycles. The summed E-state index contributed by atoms with van der Waals surface area (Å²) in [6.45, 7) is 5.54. The zero-order chi connectivity index (χ0) is 15.7. The summed E-state index contributed by atoms with van der Waals surface area (Å²) < 4.78 is 5.07. The highest BCUT2D eigenvalue weighted by atomic mass is 16.5. The normalized spacial score (nSPS) is 10.1. The maximum absolute atomic E-state index is 12.7. The van der Waals surface area contributed by atoms with Crippen molar-refractivity contribution in [2.75, 3.05) is 33.4 Å². The number of hydrogen-bond donors (Lipinski definition) is 1. The Labute approximate surface area is 125 Å². The Morgan fingerprint density at radius 2 is 2.29 bits per heavy atom. The van der Waals surface area contributed by atoms with E-state index in [1.807, 2.05) is 0 Å². The molecule has 1 rings (SSSR count). The zero-order valence-electron chi connectivity index (χ0n) is 12.8. The van der Waals surface area contributed by atoms with Crippen LogP contribution in [0.4, 0.5) is 0 Å². The van der Waals surface area contributed by atoms with Gasteiger partial charge in [0.2, 0.25) is 0 Å². The van der Waals surface area contributed by atoms with Crippen LogP contribution in [0.25, 0.3) is 0 Å². The zero-order valence-corrected chi connectivity index (χ0v) is 12.8. The van der Waals surface area contributed by atoms with Gasteiger partial charge in [0.05, 0.1) is 17.7 Å². The Balaban J connectivity index is 3.02. The first kappa shape index (κ1) is 17.2. The van der Waals surface area contributed by atoms with Gasteiger partial charge in [-0.05, 0) is 12.0 Å². The first-order chi connectivity index (χ1) is 10.1. The summed E-state index contributed by atoms with van der Waals surface area (Å²) in [7, 11) is 1.61. The molecule has 0 radical (unpaired) electrons. The van der Waals surface area contributed by atoms with Crippen LogP contribution in [0.5, 0.6) is 0 Å². The van der Waals surface area contributed by atoms with Gasteiger partial charge in [0.25, 0.3) is 5.91 Å². The van der Waals surface area contributed by atoms with Gasteiger partial charge in [0, 0.05) is 32.6 Å². The van der Waals surface area contributed by atoms with E-state index in [-0.39, 0.29) is 12.5 Å². The van der Waals surface area contributed by atoms with Gasteiger partial charge in [-0.25, -0.2) is 0 Å². The number of rotatable bonds is 6. The van der Waals surface area contributed by atoms with Crippen molar-refractivity contribution in [2.24, 2.45) is 5.92 Å². The van der Waals surface area contributed by atoms with Crippen LogP contribution in [-0.4, -0.2) is 54.3 Å². The number of aromatic nitrogens is 1. The molecule has 0 saturated heterocycles. The molecule has 0 aliphatic heterocycles. The standard InChI is InChI=1S/C16H22N2O3/c1-13(2)12-18(8-10-21-3)16(20)15-6-7-17-11-14(15)5-4-9-19/h6-7,11,13,19H,8-10,12H2,1-3H3. The number of methoxy groups -OCH3 is 1. The number of aliphatic hydroxyl groups is 1. The van der Waals surface area contributed by atoms with E-state index in [0.29, 0.717) is 36.7 Å². The number of ether oxygens (including phenoxy) is 1. The van der Waals surface area contributed by atoms with Crippen molar-refractivity contribution in [1.29, 1.82) is 0 Å². The third kappa shape index (κ3) is 5.54. The van der Waals surface area contributed by atoms with Crippen LogP contribution in [-0.2, 0) is 4.74 Å². The van der Waals surface area contributed by atoms with Crippen molar-refractivity contribution in [3.8, 4) is 11.8 Å². The van der Waals surface area contributed by atoms with Crippen molar-refractivity contribution in [1.82, 2.24) is 9.88 Å². The van der Waals surface area contributed by atoms with E-state index in [9.17, 15) is 4.79 Å². The highest BCUT2D eigenvalue weighted by molar-refractivity contribution is 5.96. The van der Waals surface area contributed by atoms with E-state index in [2.05, 4.69) is 30.7 Å². The second kappa shape index (κ2) is 9.11. The number of carbonyl (C=O) groups excluding carboxylic acids is 1. The van der Waals surface area contributed by atoms with Crippen molar-refractivity contribution in [3.63, 3.8) is 0 Å². The predicted octanol–water partition coefficient (Wildman–Crippen LogP) is 1.17. The van der Waals surface area contributed by atoms with Crippen LogP contribution < -0.4 is 0 Å². The van der Waals surface area contributed by atoms with Crippen molar-refractivity contribution >= 4 is 5.91 Å². The second-order valence-electron chi connectivity index (χ2n) is 5.02. The average Bonchev–Trinajstić information content (AvgIpc) is 2.48. The van der Waals surface area contributed by atoms with Crippen LogP contribution in [0.3, 0.4) is 0 Å². The molecule has 0 fully saturated rings. The summed E-state index contributed by atoms with van der Waals surface area (Å²) in [5.41, 5.74) is 1.03. The highest BCUT2D eigenvalue weighted by Gasteiger charge is 2.19. The molecule has 0 atom stereocenters. The number of amides is 1. The lowest BCUT2D eigenvalue weighted by Gasteiger charge is -2.24. The van der Waals surface area contributed by atoms with E-state index in [4.69, 9.17) is 9.84 Å². The minimum absolute atomic E-state index is 0.0922. The Morgan fingerprint density at radius 1 is 1.52 bits per heavy atom.